The summed E-state index contributed by atoms with van der Waals surface area (Å²) in [5.74, 6) is 1.87. The first kappa shape index (κ1) is 26.3. The highest BCUT2D eigenvalue weighted by Crippen LogP contribution is 2.29. The predicted molar refractivity (Wildman–Crippen MR) is 124 cm³/mol. The van der Waals surface area contributed by atoms with E-state index < -0.39 is 0 Å². The molecule has 0 aliphatic carbocycles. The summed E-state index contributed by atoms with van der Waals surface area (Å²) in [4.78, 5) is 14.4. The van der Waals surface area contributed by atoms with Crippen LogP contribution in [-0.4, -0.2) is 50.3 Å². The molecular formula is C25H43NO4. The molecule has 0 fully saturated rings. The summed E-state index contributed by atoms with van der Waals surface area (Å²) >= 11 is 0. The monoisotopic (exact) mass is 421 g/mol. The topological polar surface area (TPSA) is 48.0 Å². The zero-order chi connectivity index (χ0) is 22.4. The largest absolute Gasteiger partial charge is 0.493 e. The third-order valence-electron chi connectivity index (χ3n) is 5.24. The van der Waals surface area contributed by atoms with E-state index in [-0.39, 0.29) is 18.0 Å². The summed E-state index contributed by atoms with van der Waals surface area (Å²) in [6.07, 6.45) is 8.16. The average molecular weight is 422 g/mol. The number of methoxy groups -OCH3 is 2. The molecule has 30 heavy (non-hydrogen) atoms. The molecule has 172 valence electrons. The molecular weight excluding hydrogens is 378 g/mol. The van der Waals surface area contributed by atoms with Crippen LogP contribution in [0, 0.1) is 0 Å². The average Bonchev–Trinajstić information content (AvgIpc) is 2.70. The van der Waals surface area contributed by atoms with Crippen molar-refractivity contribution in [3.8, 4) is 11.5 Å². The van der Waals surface area contributed by atoms with E-state index in [0.29, 0.717) is 19.6 Å². The van der Waals surface area contributed by atoms with Crippen molar-refractivity contribution >= 4 is 5.91 Å². The molecule has 0 aliphatic heterocycles. The Kier molecular flexibility index (Phi) is 13.2. The van der Waals surface area contributed by atoms with Gasteiger partial charge in [0.1, 0.15) is 0 Å². The number of amides is 1. The van der Waals surface area contributed by atoms with Gasteiger partial charge in [-0.05, 0) is 64.7 Å². The van der Waals surface area contributed by atoms with Crippen LogP contribution in [-0.2, 0) is 16.0 Å². The highest BCUT2D eigenvalue weighted by atomic mass is 16.5. The number of aryl methyl sites for hydroxylation is 1. The Morgan fingerprint density at radius 3 is 2.17 bits per heavy atom. The molecule has 0 atom stereocenters. The van der Waals surface area contributed by atoms with E-state index in [2.05, 4.69) is 39.8 Å². The Bertz CT molecular complexity index is 593. The Labute approximate surface area is 184 Å². The van der Waals surface area contributed by atoms with Gasteiger partial charge in [-0.25, -0.2) is 0 Å². The van der Waals surface area contributed by atoms with Crippen LogP contribution in [0.15, 0.2) is 18.2 Å². The van der Waals surface area contributed by atoms with Gasteiger partial charge in [0.15, 0.2) is 11.5 Å². The summed E-state index contributed by atoms with van der Waals surface area (Å²) in [6, 6.07) is 6.75. The molecule has 1 rings (SSSR count). The van der Waals surface area contributed by atoms with Gasteiger partial charge < -0.3 is 19.1 Å². The number of carbonyl (C=O) groups is 1. The summed E-state index contributed by atoms with van der Waals surface area (Å²) in [5, 5.41) is 0. The minimum atomic E-state index is 0.274. The van der Waals surface area contributed by atoms with Gasteiger partial charge in [0.25, 0.3) is 0 Å². The van der Waals surface area contributed by atoms with Crippen molar-refractivity contribution in [1.82, 2.24) is 4.90 Å². The van der Waals surface area contributed by atoms with Gasteiger partial charge >= 0.3 is 0 Å². The standard InChI is InChI=1S/C25H43NO4/c1-20(2)26(21(3)4)25(27)14-11-9-7-8-10-13-22-15-16-23(29-6)24(19-22)30-18-12-17-28-5/h15-16,19-21H,7-14,17-18H2,1-6H3. The lowest BCUT2D eigenvalue weighted by Gasteiger charge is -2.30. The fourth-order valence-electron chi connectivity index (χ4n) is 3.81. The van der Waals surface area contributed by atoms with Crippen molar-refractivity contribution in [3.63, 3.8) is 0 Å². The van der Waals surface area contributed by atoms with Crippen LogP contribution in [0.2, 0.25) is 0 Å². The first-order chi connectivity index (χ1) is 14.4. The number of hydrogen-bond donors (Lipinski definition) is 0. The smallest absolute Gasteiger partial charge is 0.223 e. The van der Waals surface area contributed by atoms with Gasteiger partial charge in [-0.2, -0.15) is 0 Å². The van der Waals surface area contributed by atoms with Crippen LogP contribution >= 0.6 is 0 Å². The second-order valence-electron chi connectivity index (χ2n) is 8.44. The Morgan fingerprint density at radius 2 is 1.53 bits per heavy atom. The fraction of sp³-hybridized carbons (Fsp3) is 0.720. The first-order valence-corrected chi connectivity index (χ1v) is 11.5. The highest BCUT2D eigenvalue weighted by Gasteiger charge is 2.19. The van der Waals surface area contributed by atoms with Crippen molar-refractivity contribution in [3.05, 3.63) is 23.8 Å². The van der Waals surface area contributed by atoms with Crippen molar-refractivity contribution in [2.24, 2.45) is 0 Å². The zero-order valence-corrected chi connectivity index (χ0v) is 20.0. The zero-order valence-electron chi connectivity index (χ0n) is 20.0. The lowest BCUT2D eigenvalue weighted by molar-refractivity contribution is -0.134. The van der Waals surface area contributed by atoms with Crippen LogP contribution in [0.4, 0.5) is 0 Å². The summed E-state index contributed by atoms with van der Waals surface area (Å²) in [5.41, 5.74) is 1.28. The van der Waals surface area contributed by atoms with Crippen LogP contribution in [0.5, 0.6) is 11.5 Å². The molecule has 0 N–H and O–H groups in total. The normalized spacial score (nSPS) is 11.2. The van der Waals surface area contributed by atoms with E-state index in [9.17, 15) is 4.79 Å². The maximum absolute atomic E-state index is 12.4. The molecule has 0 spiro atoms. The van der Waals surface area contributed by atoms with Gasteiger partial charge in [0, 0.05) is 38.6 Å². The van der Waals surface area contributed by atoms with Gasteiger partial charge in [-0.15, -0.1) is 0 Å². The SMILES string of the molecule is COCCCOc1cc(CCCCCCCC(=O)N(C(C)C)C(C)C)ccc1OC. The molecule has 0 aromatic heterocycles. The number of hydrogen-bond acceptors (Lipinski definition) is 4. The maximum atomic E-state index is 12.4. The lowest BCUT2D eigenvalue weighted by atomic mass is 10.0. The number of benzene rings is 1. The summed E-state index contributed by atoms with van der Waals surface area (Å²) in [7, 11) is 3.37. The van der Waals surface area contributed by atoms with E-state index in [4.69, 9.17) is 14.2 Å². The minimum Gasteiger partial charge on any atom is -0.493 e. The number of nitrogens with zero attached hydrogens (tertiary/aromatic N) is 1. The number of carbonyl (C=O) groups excluding carboxylic acids is 1. The molecule has 1 aromatic rings. The highest BCUT2D eigenvalue weighted by molar-refractivity contribution is 5.76. The first-order valence-electron chi connectivity index (χ1n) is 11.5. The molecule has 0 saturated heterocycles. The van der Waals surface area contributed by atoms with Gasteiger partial charge in [0.2, 0.25) is 5.91 Å². The molecule has 5 nitrogen and oxygen atoms in total. The molecule has 0 unspecified atom stereocenters. The van der Waals surface area contributed by atoms with E-state index in [1.807, 2.05) is 11.0 Å². The third-order valence-corrected chi connectivity index (χ3v) is 5.24. The molecule has 0 aliphatic rings. The minimum absolute atomic E-state index is 0.274. The molecule has 0 radical (unpaired) electrons. The lowest BCUT2D eigenvalue weighted by Crippen LogP contribution is -2.41. The van der Waals surface area contributed by atoms with Crippen LogP contribution < -0.4 is 9.47 Å². The van der Waals surface area contributed by atoms with Crippen LogP contribution in [0.25, 0.3) is 0 Å². The van der Waals surface area contributed by atoms with E-state index in [1.54, 1.807) is 14.2 Å². The maximum Gasteiger partial charge on any atom is 0.223 e. The van der Waals surface area contributed by atoms with Gasteiger partial charge in [-0.1, -0.05) is 25.3 Å². The second kappa shape index (κ2) is 15.1. The van der Waals surface area contributed by atoms with Gasteiger partial charge in [0.05, 0.1) is 13.7 Å². The van der Waals surface area contributed by atoms with E-state index in [1.165, 1.54) is 18.4 Å². The molecule has 0 heterocycles. The van der Waals surface area contributed by atoms with Crippen LogP contribution in [0.1, 0.15) is 78.2 Å². The van der Waals surface area contributed by atoms with Gasteiger partial charge in [-0.3, -0.25) is 4.79 Å². The van der Waals surface area contributed by atoms with Crippen molar-refractivity contribution in [1.29, 1.82) is 0 Å². The number of ether oxygens (including phenoxy) is 3. The van der Waals surface area contributed by atoms with Crippen LogP contribution in [0.3, 0.4) is 0 Å². The quantitative estimate of drug-likeness (QED) is 0.324. The number of rotatable bonds is 16. The van der Waals surface area contributed by atoms with Crippen molar-refractivity contribution in [2.45, 2.75) is 91.1 Å². The Balaban J connectivity index is 2.29. The molecule has 1 aromatic carbocycles. The summed E-state index contributed by atoms with van der Waals surface area (Å²) in [6.45, 7) is 9.68. The summed E-state index contributed by atoms with van der Waals surface area (Å²) < 4.78 is 16.3. The van der Waals surface area contributed by atoms with Crippen molar-refractivity contribution in [2.75, 3.05) is 27.4 Å². The third kappa shape index (κ3) is 9.84. The van der Waals surface area contributed by atoms with E-state index >= 15 is 0 Å². The number of unbranched alkanes of at least 4 members (excludes halogenated alkanes) is 4. The van der Waals surface area contributed by atoms with Crippen molar-refractivity contribution < 1.29 is 19.0 Å². The fourth-order valence-corrected chi connectivity index (χ4v) is 3.81. The Morgan fingerprint density at radius 1 is 0.867 bits per heavy atom. The molecule has 5 heteroatoms. The molecule has 1 amide bonds. The van der Waals surface area contributed by atoms with E-state index in [0.717, 1.165) is 43.6 Å². The predicted octanol–water partition coefficient (Wildman–Crippen LogP) is 5.64. The second-order valence-corrected chi connectivity index (χ2v) is 8.44. The molecule has 0 saturated carbocycles. The molecule has 0 bridgehead atoms. The Hall–Kier alpha value is -1.75.